The van der Waals surface area contributed by atoms with E-state index in [0.717, 1.165) is 33.0 Å². The molecular weight excluding hydrogens is 389 g/mol. The van der Waals surface area contributed by atoms with Crippen molar-refractivity contribution in [3.8, 4) is 0 Å². The Balaban J connectivity index is 2.49. The molecule has 0 atom stereocenters. The van der Waals surface area contributed by atoms with Crippen LogP contribution in [0.25, 0.3) is 0 Å². The smallest absolute Gasteiger partial charge is 0.326 e. The predicted octanol–water partition coefficient (Wildman–Crippen LogP) is 2.96. The van der Waals surface area contributed by atoms with Crippen molar-refractivity contribution in [1.29, 1.82) is 0 Å². The fourth-order valence-electron chi connectivity index (χ4n) is 1.84. The minimum atomic E-state index is -4.04. The number of carbonyl (C=O) groups excluding carboxylic acids is 1. The van der Waals surface area contributed by atoms with Crippen LogP contribution < -0.4 is 4.31 Å². The Morgan fingerprint density at radius 1 is 1.13 bits per heavy atom. The van der Waals surface area contributed by atoms with Crippen molar-refractivity contribution in [3.05, 3.63) is 58.8 Å². The maximum Gasteiger partial charge on any atom is 0.326 e. The first-order valence-electron chi connectivity index (χ1n) is 6.45. The molecule has 0 aliphatic rings. The van der Waals surface area contributed by atoms with Crippen LogP contribution in [0.1, 0.15) is 0 Å². The van der Waals surface area contributed by atoms with E-state index in [-0.39, 0.29) is 4.90 Å². The Morgan fingerprint density at radius 3 is 2.22 bits per heavy atom. The minimum absolute atomic E-state index is 0.120. The molecule has 0 radical (unpaired) electrons. The number of ether oxygens (including phenoxy) is 1. The van der Waals surface area contributed by atoms with Crippen LogP contribution >= 0.6 is 15.9 Å². The Bertz CT molecular complexity index is 791. The number of sulfonamides is 1. The van der Waals surface area contributed by atoms with Gasteiger partial charge >= 0.3 is 5.97 Å². The molecule has 0 aromatic heterocycles. The quantitative estimate of drug-likeness (QED) is 0.722. The Kier molecular flexibility index (Phi) is 5.38. The number of hydrogen-bond donors (Lipinski definition) is 0. The van der Waals surface area contributed by atoms with Crippen LogP contribution in [0.3, 0.4) is 0 Å². The molecule has 8 heteroatoms. The zero-order valence-electron chi connectivity index (χ0n) is 12.1. The molecular formula is C15H13BrFNO4S. The van der Waals surface area contributed by atoms with E-state index < -0.39 is 28.4 Å². The van der Waals surface area contributed by atoms with Gasteiger partial charge in [0.2, 0.25) is 0 Å². The number of nitrogens with zero attached hydrogens (tertiary/aromatic N) is 1. The summed E-state index contributed by atoms with van der Waals surface area (Å²) in [7, 11) is -2.87. The van der Waals surface area contributed by atoms with E-state index in [4.69, 9.17) is 0 Å². The lowest BCUT2D eigenvalue weighted by Crippen LogP contribution is -2.36. The van der Waals surface area contributed by atoms with Gasteiger partial charge in [-0.3, -0.25) is 9.10 Å². The Morgan fingerprint density at radius 2 is 1.70 bits per heavy atom. The fraction of sp³-hybridized carbons (Fsp3) is 0.133. The fourth-order valence-corrected chi connectivity index (χ4v) is 3.51. The molecule has 2 aromatic carbocycles. The molecule has 5 nitrogen and oxygen atoms in total. The molecule has 2 aromatic rings. The highest BCUT2D eigenvalue weighted by atomic mass is 79.9. The van der Waals surface area contributed by atoms with E-state index in [1.807, 2.05) is 0 Å². The molecule has 0 fully saturated rings. The first-order chi connectivity index (χ1) is 10.8. The second-order valence-corrected chi connectivity index (χ2v) is 7.30. The van der Waals surface area contributed by atoms with Crippen molar-refractivity contribution >= 4 is 37.6 Å². The number of hydrogen-bond acceptors (Lipinski definition) is 4. The van der Waals surface area contributed by atoms with E-state index in [2.05, 4.69) is 20.7 Å². The summed E-state index contributed by atoms with van der Waals surface area (Å²) < 4.78 is 44.8. The third kappa shape index (κ3) is 4.08. The average molecular weight is 402 g/mol. The summed E-state index contributed by atoms with van der Waals surface area (Å²) in [4.78, 5) is 11.5. The first-order valence-corrected chi connectivity index (χ1v) is 8.68. The Hall–Kier alpha value is -1.93. The van der Waals surface area contributed by atoms with Crippen LogP contribution in [-0.2, 0) is 19.6 Å². The van der Waals surface area contributed by atoms with Crippen molar-refractivity contribution < 1.29 is 22.3 Å². The Labute approximate surface area is 141 Å². The lowest BCUT2D eigenvalue weighted by atomic mass is 10.3. The van der Waals surface area contributed by atoms with Crippen molar-refractivity contribution in [2.45, 2.75) is 4.90 Å². The molecule has 0 aliphatic carbocycles. The molecule has 0 bridgehead atoms. The van der Waals surface area contributed by atoms with E-state index in [1.54, 1.807) is 24.3 Å². The van der Waals surface area contributed by atoms with Crippen molar-refractivity contribution in [1.82, 2.24) is 0 Å². The van der Waals surface area contributed by atoms with E-state index >= 15 is 0 Å². The summed E-state index contributed by atoms with van der Waals surface area (Å²) in [5.74, 6) is -1.26. The van der Waals surface area contributed by atoms with Gasteiger partial charge in [0.1, 0.15) is 12.4 Å². The van der Waals surface area contributed by atoms with Gasteiger partial charge in [-0.1, -0.05) is 15.9 Å². The van der Waals surface area contributed by atoms with Gasteiger partial charge in [0.25, 0.3) is 10.0 Å². The van der Waals surface area contributed by atoms with E-state index in [9.17, 15) is 17.6 Å². The van der Waals surface area contributed by atoms with Crippen LogP contribution in [0.15, 0.2) is 57.9 Å². The summed E-state index contributed by atoms with van der Waals surface area (Å²) in [6.45, 7) is -0.488. The highest BCUT2D eigenvalue weighted by Gasteiger charge is 2.27. The van der Waals surface area contributed by atoms with Crippen molar-refractivity contribution in [3.63, 3.8) is 0 Å². The lowest BCUT2D eigenvalue weighted by molar-refractivity contribution is -0.138. The second-order valence-electron chi connectivity index (χ2n) is 4.52. The third-order valence-corrected chi connectivity index (χ3v) is 5.33. The van der Waals surface area contributed by atoms with E-state index in [0.29, 0.717) is 5.69 Å². The number of anilines is 1. The van der Waals surface area contributed by atoms with Crippen LogP contribution in [0.5, 0.6) is 0 Å². The van der Waals surface area contributed by atoms with Gasteiger partial charge in [0.05, 0.1) is 17.7 Å². The maximum atomic E-state index is 13.0. The van der Waals surface area contributed by atoms with Gasteiger partial charge < -0.3 is 4.74 Å². The normalized spacial score (nSPS) is 11.1. The zero-order valence-corrected chi connectivity index (χ0v) is 14.5. The van der Waals surface area contributed by atoms with Crippen LogP contribution in [-0.4, -0.2) is 28.0 Å². The SMILES string of the molecule is COC(=O)CN(c1ccc(Br)cc1)S(=O)(=O)c1ccc(F)cc1. The molecule has 0 aliphatic heterocycles. The van der Waals surface area contributed by atoms with Gasteiger partial charge in [-0.25, -0.2) is 12.8 Å². The number of carbonyl (C=O) groups is 1. The number of rotatable bonds is 5. The molecule has 0 saturated carbocycles. The summed E-state index contributed by atoms with van der Waals surface area (Å²) >= 11 is 3.26. The number of halogens is 2. The van der Waals surface area contributed by atoms with Gasteiger partial charge in [0, 0.05) is 4.47 Å². The molecule has 2 rings (SSSR count). The van der Waals surface area contributed by atoms with Crippen molar-refractivity contribution in [2.24, 2.45) is 0 Å². The number of methoxy groups -OCH3 is 1. The highest BCUT2D eigenvalue weighted by Crippen LogP contribution is 2.25. The summed E-state index contributed by atoms with van der Waals surface area (Å²) in [6, 6.07) is 10.8. The van der Waals surface area contributed by atoms with Gasteiger partial charge in [-0.2, -0.15) is 0 Å². The van der Waals surface area contributed by atoms with Crippen molar-refractivity contribution in [2.75, 3.05) is 18.0 Å². The maximum absolute atomic E-state index is 13.0. The molecule has 122 valence electrons. The minimum Gasteiger partial charge on any atom is -0.468 e. The first kappa shape index (κ1) is 17.4. The van der Waals surface area contributed by atoms with Crippen LogP contribution in [0.2, 0.25) is 0 Å². The van der Waals surface area contributed by atoms with E-state index in [1.165, 1.54) is 7.11 Å². The standard InChI is InChI=1S/C15H13BrFNO4S/c1-22-15(19)10-18(13-6-2-11(16)3-7-13)23(20,21)14-8-4-12(17)5-9-14/h2-9H,10H2,1H3. The number of esters is 1. The second kappa shape index (κ2) is 7.10. The zero-order chi connectivity index (χ0) is 17.0. The predicted molar refractivity (Wildman–Crippen MR) is 87.1 cm³/mol. The third-order valence-electron chi connectivity index (χ3n) is 3.02. The topological polar surface area (TPSA) is 63.7 Å². The molecule has 0 spiro atoms. The monoisotopic (exact) mass is 401 g/mol. The lowest BCUT2D eigenvalue weighted by Gasteiger charge is -2.23. The molecule has 0 amide bonds. The van der Waals surface area contributed by atoms with Gasteiger partial charge in [0.15, 0.2) is 0 Å². The molecule has 0 heterocycles. The van der Waals surface area contributed by atoms with Gasteiger partial charge in [-0.05, 0) is 48.5 Å². The molecule has 0 saturated heterocycles. The summed E-state index contributed by atoms with van der Waals surface area (Å²) in [6.07, 6.45) is 0. The van der Waals surface area contributed by atoms with Crippen LogP contribution in [0, 0.1) is 5.82 Å². The summed E-state index contributed by atoms with van der Waals surface area (Å²) in [5, 5.41) is 0. The van der Waals surface area contributed by atoms with Crippen LogP contribution in [0.4, 0.5) is 10.1 Å². The average Bonchev–Trinajstić information content (AvgIpc) is 2.53. The molecule has 23 heavy (non-hydrogen) atoms. The number of benzene rings is 2. The molecule has 0 N–H and O–H groups in total. The summed E-state index contributed by atoms with van der Waals surface area (Å²) in [5.41, 5.74) is 0.294. The van der Waals surface area contributed by atoms with Gasteiger partial charge in [-0.15, -0.1) is 0 Å². The highest BCUT2D eigenvalue weighted by molar-refractivity contribution is 9.10. The largest absolute Gasteiger partial charge is 0.468 e. The molecule has 0 unspecified atom stereocenters.